The highest BCUT2D eigenvalue weighted by atomic mass is 31.2. The number of unbranched alkanes of at least 4 members (excludes halogenated alkanes) is 20. The monoisotopic (exact) mass is 796 g/mol. The van der Waals surface area contributed by atoms with Crippen LogP contribution in [0.25, 0.3) is 0 Å². The molecule has 10 heteroatoms. The number of allylic oxidation sites excluding steroid dienone is 8. The minimum Gasteiger partial charge on any atom is -0.462 e. The van der Waals surface area contributed by atoms with E-state index in [1.807, 2.05) is 0 Å². The Hall–Kier alpha value is -2.03. The van der Waals surface area contributed by atoms with Gasteiger partial charge in [-0.05, 0) is 51.4 Å². The summed E-state index contributed by atoms with van der Waals surface area (Å²) in [5.74, 6) is -0.873. The summed E-state index contributed by atoms with van der Waals surface area (Å²) in [6.07, 6.45) is 47.2. The van der Waals surface area contributed by atoms with Gasteiger partial charge in [-0.25, -0.2) is 4.57 Å². The maximum atomic E-state index is 12.6. The molecule has 0 heterocycles. The van der Waals surface area contributed by atoms with Crippen molar-refractivity contribution >= 4 is 19.8 Å². The summed E-state index contributed by atoms with van der Waals surface area (Å²) in [7, 11) is -4.39. The third-order valence-corrected chi connectivity index (χ3v) is 10.2. The molecule has 0 bridgehead atoms. The molecule has 0 aromatic heterocycles. The maximum Gasteiger partial charge on any atom is 0.472 e. The lowest BCUT2D eigenvalue weighted by Crippen LogP contribution is -2.29. The van der Waals surface area contributed by atoms with E-state index in [-0.39, 0.29) is 32.6 Å². The molecule has 3 N–H and O–H groups in total. The van der Waals surface area contributed by atoms with Crippen molar-refractivity contribution in [1.82, 2.24) is 0 Å². The molecular weight excluding hydrogens is 713 g/mol. The van der Waals surface area contributed by atoms with E-state index in [0.29, 0.717) is 6.42 Å². The molecule has 1 unspecified atom stereocenters. The van der Waals surface area contributed by atoms with Crippen molar-refractivity contribution in [2.75, 3.05) is 26.4 Å². The Morgan fingerprint density at radius 1 is 0.564 bits per heavy atom. The summed E-state index contributed by atoms with van der Waals surface area (Å²) in [6, 6.07) is 0. The quantitative estimate of drug-likeness (QED) is 0.0268. The number of carbonyl (C=O) groups excluding carboxylic acids is 2. The van der Waals surface area contributed by atoms with Gasteiger partial charge in [0.25, 0.3) is 0 Å². The summed E-state index contributed by atoms with van der Waals surface area (Å²) >= 11 is 0. The minimum atomic E-state index is -4.39. The highest BCUT2D eigenvalue weighted by Gasteiger charge is 2.26. The first-order chi connectivity index (χ1) is 26.8. The minimum absolute atomic E-state index is 0.0460. The van der Waals surface area contributed by atoms with Crippen molar-refractivity contribution in [3.8, 4) is 0 Å². The van der Waals surface area contributed by atoms with Crippen molar-refractivity contribution in [1.29, 1.82) is 0 Å². The standard InChI is InChI=1S/C45H82NO8P/c1-3-5-7-9-11-13-15-17-19-20-21-22-24-25-27-29-31-33-35-37-44(47)51-41-43(42-53-55(49,50)52-40-39-46)54-45(48)38-36-34-32-30-28-26-23-18-16-14-12-10-8-6-4-2/h6,8,12,14,18,23,28,30,43H,3-5,7,9-11,13,15-17,19-22,24-27,29,31-42,46H2,1-2H3,(H,49,50)/t43-/m1/s1. The Morgan fingerprint density at radius 3 is 1.49 bits per heavy atom. The average Bonchev–Trinajstić information content (AvgIpc) is 3.17. The lowest BCUT2D eigenvalue weighted by atomic mass is 10.0. The smallest absolute Gasteiger partial charge is 0.462 e. The van der Waals surface area contributed by atoms with Crippen LogP contribution >= 0.6 is 7.82 Å². The second kappa shape index (κ2) is 41.6. The zero-order valence-electron chi connectivity index (χ0n) is 35.2. The lowest BCUT2D eigenvalue weighted by Gasteiger charge is -2.19. The lowest BCUT2D eigenvalue weighted by molar-refractivity contribution is -0.161. The predicted octanol–water partition coefficient (Wildman–Crippen LogP) is 12.7. The summed E-state index contributed by atoms with van der Waals surface area (Å²) < 4.78 is 32.7. The van der Waals surface area contributed by atoms with Crippen LogP contribution in [0.5, 0.6) is 0 Å². The van der Waals surface area contributed by atoms with Crippen molar-refractivity contribution < 1.29 is 37.6 Å². The largest absolute Gasteiger partial charge is 0.472 e. The van der Waals surface area contributed by atoms with Gasteiger partial charge in [0.2, 0.25) is 0 Å². The van der Waals surface area contributed by atoms with Crippen LogP contribution in [0.4, 0.5) is 0 Å². The second-order valence-electron chi connectivity index (χ2n) is 14.5. The first kappa shape index (κ1) is 53.0. The van der Waals surface area contributed by atoms with Gasteiger partial charge in [-0.2, -0.15) is 0 Å². The Morgan fingerprint density at radius 2 is 1.00 bits per heavy atom. The van der Waals surface area contributed by atoms with E-state index in [1.165, 1.54) is 103 Å². The van der Waals surface area contributed by atoms with Gasteiger partial charge in [0.1, 0.15) is 6.61 Å². The fourth-order valence-corrected chi connectivity index (χ4v) is 6.74. The topological polar surface area (TPSA) is 134 Å². The summed E-state index contributed by atoms with van der Waals surface area (Å²) in [6.45, 7) is 3.58. The van der Waals surface area contributed by atoms with E-state index in [0.717, 1.165) is 57.8 Å². The highest BCUT2D eigenvalue weighted by Crippen LogP contribution is 2.43. The molecule has 0 saturated heterocycles. The molecule has 2 atom stereocenters. The molecule has 0 aliphatic heterocycles. The van der Waals surface area contributed by atoms with Gasteiger partial charge in [-0.1, -0.05) is 178 Å². The molecule has 0 fully saturated rings. The van der Waals surface area contributed by atoms with Gasteiger partial charge in [-0.15, -0.1) is 0 Å². The number of esters is 2. The predicted molar refractivity (Wildman–Crippen MR) is 229 cm³/mol. The molecular formula is C45H82NO8P. The maximum absolute atomic E-state index is 12.6. The zero-order chi connectivity index (χ0) is 40.3. The van der Waals surface area contributed by atoms with Crippen molar-refractivity contribution in [3.63, 3.8) is 0 Å². The van der Waals surface area contributed by atoms with Gasteiger partial charge in [-0.3, -0.25) is 18.6 Å². The SMILES string of the molecule is CCC=CCC=CCC=CCC=CCCCCC(=O)O[C@H](COC(=O)CCCCCCCCCCCCCCCCCCCCC)COP(=O)(O)OCCN. The Labute approximate surface area is 336 Å². The van der Waals surface area contributed by atoms with Crippen LogP contribution in [-0.4, -0.2) is 49.3 Å². The first-order valence-electron chi connectivity index (χ1n) is 22.1. The van der Waals surface area contributed by atoms with Gasteiger partial charge in [0, 0.05) is 19.4 Å². The van der Waals surface area contributed by atoms with Crippen molar-refractivity contribution in [3.05, 3.63) is 48.6 Å². The zero-order valence-corrected chi connectivity index (χ0v) is 36.0. The fourth-order valence-electron chi connectivity index (χ4n) is 5.98. The third kappa shape index (κ3) is 41.4. The molecule has 0 amide bonds. The van der Waals surface area contributed by atoms with Crippen LogP contribution in [0.3, 0.4) is 0 Å². The number of phosphoric ester groups is 1. The summed E-state index contributed by atoms with van der Waals surface area (Å²) in [5.41, 5.74) is 5.34. The molecule has 0 saturated carbocycles. The first-order valence-corrected chi connectivity index (χ1v) is 23.6. The number of carbonyl (C=O) groups is 2. The van der Waals surface area contributed by atoms with E-state index in [4.69, 9.17) is 24.3 Å². The van der Waals surface area contributed by atoms with Crippen LogP contribution in [0.1, 0.15) is 194 Å². The van der Waals surface area contributed by atoms with Crippen LogP contribution in [0.15, 0.2) is 48.6 Å². The van der Waals surface area contributed by atoms with Gasteiger partial charge >= 0.3 is 19.8 Å². The molecule has 320 valence electrons. The second-order valence-corrected chi connectivity index (χ2v) is 16.0. The Kier molecular flexibility index (Phi) is 40.1. The number of phosphoric acid groups is 1. The van der Waals surface area contributed by atoms with E-state index < -0.39 is 32.5 Å². The molecule has 0 rings (SSSR count). The molecule has 0 aliphatic rings. The van der Waals surface area contributed by atoms with Crippen LogP contribution in [-0.2, 0) is 32.7 Å². The number of hydrogen-bond acceptors (Lipinski definition) is 8. The molecule has 0 aromatic rings. The highest BCUT2D eigenvalue weighted by molar-refractivity contribution is 7.47. The number of ether oxygens (including phenoxy) is 2. The molecule has 0 aromatic carbocycles. The number of hydrogen-bond donors (Lipinski definition) is 2. The molecule has 0 radical (unpaired) electrons. The molecule has 0 spiro atoms. The van der Waals surface area contributed by atoms with E-state index in [9.17, 15) is 19.0 Å². The van der Waals surface area contributed by atoms with Crippen molar-refractivity contribution in [2.45, 2.75) is 200 Å². The van der Waals surface area contributed by atoms with Crippen LogP contribution < -0.4 is 5.73 Å². The summed E-state index contributed by atoms with van der Waals surface area (Å²) in [4.78, 5) is 34.9. The molecule has 9 nitrogen and oxygen atoms in total. The molecule has 0 aliphatic carbocycles. The van der Waals surface area contributed by atoms with Gasteiger partial charge in [0.15, 0.2) is 6.10 Å². The molecule has 55 heavy (non-hydrogen) atoms. The normalized spacial score (nSPS) is 13.7. The Bertz CT molecular complexity index is 1040. The van der Waals surface area contributed by atoms with E-state index >= 15 is 0 Å². The van der Waals surface area contributed by atoms with Gasteiger partial charge in [0.05, 0.1) is 13.2 Å². The van der Waals surface area contributed by atoms with E-state index in [1.54, 1.807) is 0 Å². The van der Waals surface area contributed by atoms with Crippen LogP contribution in [0.2, 0.25) is 0 Å². The average molecular weight is 796 g/mol. The Balaban J connectivity index is 4.15. The summed E-state index contributed by atoms with van der Waals surface area (Å²) in [5, 5.41) is 0. The van der Waals surface area contributed by atoms with Crippen molar-refractivity contribution in [2.24, 2.45) is 5.73 Å². The van der Waals surface area contributed by atoms with Crippen LogP contribution in [0, 0.1) is 0 Å². The third-order valence-electron chi connectivity index (χ3n) is 9.23. The number of rotatable bonds is 41. The fraction of sp³-hybridized carbons (Fsp3) is 0.778. The van der Waals surface area contributed by atoms with Gasteiger partial charge < -0.3 is 20.1 Å². The van der Waals surface area contributed by atoms with E-state index in [2.05, 4.69) is 62.5 Å². The number of nitrogens with two attached hydrogens (primary N) is 1.